The van der Waals surface area contributed by atoms with E-state index in [1.54, 1.807) is 12.5 Å². The van der Waals surface area contributed by atoms with Crippen LogP contribution in [0.25, 0.3) is 22.2 Å². The highest BCUT2D eigenvalue weighted by Crippen LogP contribution is 2.32. The summed E-state index contributed by atoms with van der Waals surface area (Å²) in [5.74, 6) is 0. The number of aromatic amines is 1. The van der Waals surface area contributed by atoms with Gasteiger partial charge in [-0.05, 0) is 30.7 Å². The second-order valence-corrected chi connectivity index (χ2v) is 4.29. The van der Waals surface area contributed by atoms with Gasteiger partial charge in [-0.1, -0.05) is 11.6 Å². The van der Waals surface area contributed by atoms with Crippen LogP contribution in [0.5, 0.6) is 0 Å². The number of rotatable bonds is 1. The summed E-state index contributed by atoms with van der Waals surface area (Å²) in [6, 6.07) is 5.81. The van der Waals surface area contributed by atoms with Gasteiger partial charge in [0.1, 0.15) is 0 Å². The molecule has 2 heterocycles. The highest BCUT2D eigenvalue weighted by atomic mass is 35.5. The highest BCUT2D eigenvalue weighted by molar-refractivity contribution is 6.35. The zero-order valence-corrected chi connectivity index (χ0v) is 9.99. The Morgan fingerprint density at radius 2 is 2.18 bits per heavy atom. The second-order valence-electron chi connectivity index (χ2n) is 3.88. The average molecular weight is 244 g/mol. The van der Waals surface area contributed by atoms with Crippen LogP contribution in [0, 0.1) is 6.92 Å². The van der Waals surface area contributed by atoms with Crippen molar-refractivity contribution in [3.05, 3.63) is 47.5 Å². The third-order valence-corrected chi connectivity index (χ3v) is 3.18. The number of aromatic nitrogens is 3. The summed E-state index contributed by atoms with van der Waals surface area (Å²) >= 11 is 6.27. The van der Waals surface area contributed by atoms with Crippen LogP contribution >= 0.6 is 11.6 Å². The van der Waals surface area contributed by atoms with Crippen LogP contribution in [0.2, 0.25) is 5.02 Å². The number of H-pyrrole nitrogens is 1. The van der Waals surface area contributed by atoms with E-state index >= 15 is 0 Å². The summed E-state index contributed by atoms with van der Waals surface area (Å²) in [5, 5.41) is 1.68. The number of pyridine rings is 1. The molecular weight excluding hydrogens is 234 g/mol. The number of benzene rings is 1. The van der Waals surface area contributed by atoms with Gasteiger partial charge in [0.05, 0.1) is 22.6 Å². The normalized spacial score (nSPS) is 10.9. The Balaban J connectivity index is 2.39. The molecule has 84 valence electrons. The fraction of sp³-hybridized carbons (Fsp3) is 0.0769. The van der Waals surface area contributed by atoms with E-state index < -0.39 is 0 Å². The van der Waals surface area contributed by atoms with Gasteiger partial charge < -0.3 is 4.98 Å². The number of aryl methyl sites for hydroxylation is 1. The zero-order valence-electron chi connectivity index (χ0n) is 9.24. The summed E-state index contributed by atoms with van der Waals surface area (Å²) in [4.78, 5) is 11.6. The van der Waals surface area contributed by atoms with Crippen LogP contribution in [0.15, 0.2) is 36.9 Å². The van der Waals surface area contributed by atoms with Crippen LogP contribution in [0.1, 0.15) is 5.56 Å². The molecule has 17 heavy (non-hydrogen) atoms. The maximum Gasteiger partial charge on any atom is 0.0927 e. The van der Waals surface area contributed by atoms with Crippen LogP contribution in [0.4, 0.5) is 0 Å². The molecule has 0 aliphatic heterocycles. The Bertz CT molecular complexity index is 674. The largest absolute Gasteiger partial charge is 0.351 e. The molecule has 3 rings (SSSR count). The predicted octanol–water partition coefficient (Wildman–Crippen LogP) is 3.59. The van der Waals surface area contributed by atoms with E-state index in [0.717, 1.165) is 27.7 Å². The van der Waals surface area contributed by atoms with Gasteiger partial charge in [-0.25, -0.2) is 4.98 Å². The molecule has 0 spiro atoms. The van der Waals surface area contributed by atoms with Crippen molar-refractivity contribution < 1.29 is 0 Å². The maximum atomic E-state index is 6.27. The molecule has 1 N–H and O–H groups in total. The molecule has 0 atom stereocenters. The lowest BCUT2D eigenvalue weighted by atomic mass is 10.0. The first kappa shape index (κ1) is 10.3. The molecule has 0 unspecified atom stereocenters. The predicted molar refractivity (Wildman–Crippen MR) is 69.1 cm³/mol. The molecule has 0 saturated heterocycles. The minimum absolute atomic E-state index is 0.705. The standard InChI is InChI=1S/C13H10ClN3/c1-8-10(12-6-15-7-17-12)5-11(14)9-3-2-4-16-13(8)9/h2-7H,1H3,(H,15,17). The molecule has 0 amide bonds. The molecule has 0 aliphatic carbocycles. The monoisotopic (exact) mass is 243 g/mol. The number of halogens is 1. The van der Waals surface area contributed by atoms with E-state index in [9.17, 15) is 0 Å². The molecule has 3 nitrogen and oxygen atoms in total. The summed E-state index contributed by atoms with van der Waals surface area (Å²) < 4.78 is 0. The van der Waals surface area contributed by atoms with Crippen molar-refractivity contribution in [3.8, 4) is 11.3 Å². The molecule has 4 heteroatoms. The van der Waals surface area contributed by atoms with E-state index in [1.807, 2.05) is 31.3 Å². The van der Waals surface area contributed by atoms with Crippen LogP contribution in [-0.2, 0) is 0 Å². The van der Waals surface area contributed by atoms with Crippen molar-refractivity contribution in [2.75, 3.05) is 0 Å². The molecule has 0 fully saturated rings. The fourth-order valence-corrected chi connectivity index (χ4v) is 2.27. The first-order chi connectivity index (χ1) is 8.27. The van der Waals surface area contributed by atoms with Crippen molar-refractivity contribution in [2.24, 2.45) is 0 Å². The first-order valence-corrected chi connectivity index (χ1v) is 5.68. The SMILES string of the molecule is Cc1c(-c2c[nH]cn2)cc(Cl)c2cccnc12. The zero-order chi connectivity index (χ0) is 11.8. The Morgan fingerprint density at radius 1 is 1.29 bits per heavy atom. The van der Waals surface area contributed by atoms with Crippen molar-refractivity contribution >= 4 is 22.5 Å². The van der Waals surface area contributed by atoms with Gasteiger partial charge in [0, 0.05) is 23.3 Å². The fourth-order valence-electron chi connectivity index (χ4n) is 2.01. The average Bonchev–Trinajstić information content (AvgIpc) is 2.87. The van der Waals surface area contributed by atoms with Gasteiger partial charge in [0.15, 0.2) is 0 Å². The molecule has 0 aliphatic rings. The van der Waals surface area contributed by atoms with E-state index in [1.165, 1.54) is 0 Å². The van der Waals surface area contributed by atoms with Crippen molar-refractivity contribution in [1.29, 1.82) is 0 Å². The number of imidazole rings is 1. The van der Waals surface area contributed by atoms with E-state index in [4.69, 9.17) is 11.6 Å². The first-order valence-electron chi connectivity index (χ1n) is 5.30. The van der Waals surface area contributed by atoms with Crippen LogP contribution in [0.3, 0.4) is 0 Å². The minimum Gasteiger partial charge on any atom is -0.351 e. The summed E-state index contributed by atoms with van der Waals surface area (Å²) in [7, 11) is 0. The molecule has 0 radical (unpaired) electrons. The molecule has 0 bridgehead atoms. The van der Waals surface area contributed by atoms with Gasteiger partial charge in [-0.2, -0.15) is 0 Å². The molecule has 0 saturated carbocycles. The Labute approximate surface area is 103 Å². The van der Waals surface area contributed by atoms with Gasteiger partial charge in [-0.3, -0.25) is 4.98 Å². The summed E-state index contributed by atoms with van der Waals surface area (Å²) in [6.45, 7) is 2.04. The Kier molecular flexibility index (Phi) is 2.34. The third kappa shape index (κ3) is 1.59. The summed E-state index contributed by atoms with van der Waals surface area (Å²) in [6.07, 6.45) is 5.29. The lowest BCUT2D eigenvalue weighted by molar-refractivity contribution is 1.31. The van der Waals surface area contributed by atoms with E-state index in [-0.39, 0.29) is 0 Å². The number of nitrogens with zero attached hydrogens (tertiary/aromatic N) is 2. The number of nitrogens with one attached hydrogen (secondary N) is 1. The minimum atomic E-state index is 0.705. The number of hydrogen-bond donors (Lipinski definition) is 1. The molecule has 1 aromatic carbocycles. The highest BCUT2D eigenvalue weighted by Gasteiger charge is 2.11. The van der Waals surface area contributed by atoms with Crippen LogP contribution in [-0.4, -0.2) is 15.0 Å². The quantitative estimate of drug-likeness (QED) is 0.710. The second kappa shape index (κ2) is 3.86. The molecular formula is C13H10ClN3. The van der Waals surface area contributed by atoms with Gasteiger partial charge in [-0.15, -0.1) is 0 Å². The van der Waals surface area contributed by atoms with Crippen molar-refractivity contribution in [1.82, 2.24) is 15.0 Å². The summed E-state index contributed by atoms with van der Waals surface area (Å²) in [5.41, 5.74) is 3.93. The molecule has 2 aromatic heterocycles. The number of hydrogen-bond acceptors (Lipinski definition) is 2. The van der Waals surface area contributed by atoms with E-state index in [2.05, 4.69) is 15.0 Å². The van der Waals surface area contributed by atoms with E-state index in [0.29, 0.717) is 5.02 Å². The van der Waals surface area contributed by atoms with Gasteiger partial charge in [0.2, 0.25) is 0 Å². The van der Waals surface area contributed by atoms with Crippen molar-refractivity contribution in [3.63, 3.8) is 0 Å². The van der Waals surface area contributed by atoms with Crippen LogP contribution < -0.4 is 0 Å². The van der Waals surface area contributed by atoms with Crippen molar-refractivity contribution in [2.45, 2.75) is 6.92 Å². The van der Waals surface area contributed by atoms with Gasteiger partial charge in [0.25, 0.3) is 0 Å². The molecule has 3 aromatic rings. The topological polar surface area (TPSA) is 41.6 Å². The maximum absolute atomic E-state index is 6.27. The lowest BCUT2D eigenvalue weighted by Gasteiger charge is -2.08. The Morgan fingerprint density at radius 3 is 2.94 bits per heavy atom. The number of fused-ring (bicyclic) bond motifs is 1. The van der Waals surface area contributed by atoms with Gasteiger partial charge >= 0.3 is 0 Å². The third-order valence-electron chi connectivity index (χ3n) is 2.87. The Hall–Kier alpha value is -1.87. The lowest BCUT2D eigenvalue weighted by Crippen LogP contribution is -1.89. The smallest absolute Gasteiger partial charge is 0.0927 e.